The maximum absolute atomic E-state index is 4.78. The number of nitrogens with one attached hydrogen (secondary N) is 1. The van der Waals surface area contributed by atoms with E-state index in [1.54, 1.807) is 11.3 Å². The van der Waals surface area contributed by atoms with Gasteiger partial charge in [-0.05, 0) is 12.5 Å². The van der Waals surface area contributed by atoms with E-state index in [-0.39, 0.29) is 0 Å². The minimum Gasteiger partial charge on any atom is -0.332 e. The van der Waals surface area contributed by atoms with E-state index in [4.69, 9.17) is 4.98 Å². The molecule has 0 saturated heterocycles. The van der Waals surface area contributed by atoms with Gasteiger partial charge in [0.25, 0.3) is 0 Å². The monoisotopic (exact) mass is 264 g/mol. The van der Waals surface area contributed by atoms with Crippen molar-refractivity contribution in [1.82, 2.24) is 19.9 Å². The Labute approximate surface area is 112 Å². The van der Waals surface area contributed by atoms with Gasteiger partial charge in [0.15, 0.2) is 0 Å². The molecule has 0 unspecified atom stereocenters. The third-order valence-corrected chi connectivity index (χ3v) is 3.94. The van der Waals surface area contributed by atoms with Gasteiger partial charge in [0.2, 0.25) is 0 Å². The Morgan fingerprint density at radius 3 is 2.78 bits per heavy atom. The maximum Gasteiger partial charge on any atom is 0.142 e. The Morgan fingerprint density at radius 2 is 2.22 bits per heavy atom. The Balaban J connectivity index is 2.36. The Kier molecular flexibility index (Phi) is 4.14. The Morgan fingerprint density at radius 1 is 1.44 bits per heavy atom. The molecule has 0 radical (unpaired) electrons. The van der Waals surface area contributed by atoms with Crippen molar-refractivity contribution in [2.24, 2.45) is 7.05 Å². The van der Waals surface area contributed by atoms with Crippen LogP contribution in [0.3, 0.4) is 0 Å². The predicted octanol–water partition coefficient (Wildman–Crippen LogP) is 2.78. The molecule has 18 heavy (non-hydrogen) atoms. The van der Waals surface area contributed by atoms with Crippen LogP contribution in [-0.4, -0.2) is 21.1 Å². The van der Waals surface area contributed by atoms with Gasteiger partial charge in [0.05, 0.1) is 23.9 Å². The van der Waals surface area contributed by atoms with Crippen molar-refractivity contribution in [3.05, 3.63) is 23.1 Å². The molecule has 0 aromatic carbocycles. The van der Waals surface area contributed by atoms with E-state index in [1.807, 2.05) is 24.1 Å². The van der Waals surface area contributed by atoms with Crippen molar-refractivity contribution in [2.75, 3.05) is 6.54 Å². The summed E-state index contributed by atoms with van der Waals surface area (Å²) in [5.74, 6) is 0.455. The molecule has 2 heterocycles. The fourth-order valence-corrected chi connectivity index (χ4v) is 3.09. The van der Waals surface area contributed by atoms with Crippen LogP contribution in [0.25, 0.3) is 10.7 Å². The number of hydrogen-bond acceptors (Lipinski definition) is 4. The van der Waals surface area contributed by atoms with Crippen molar-refractivity contribution in [2.45, 2.75) is 33.2 Å². The number of hydrogen-bond donors (Lipinski definition) is 1. The summed E-state index contributed by atoms with van der Waals surface area (Å²) in [6, 6.07) is 0. The van der Waals surface area contributed by atoms with Gasteiger partial charge in [-0.2, -0.15) is 0 Å². The lowest BCUT2D eigenvalue weighted by molar-refractivity contribution is 0.714. The number of thiazole rings is 1. The summed E-state index contributed by atoms with van der Waals surface area (Å²) in [7, 11) is 2.00. The largest absolute Gasteiger partial charge is 0.332 e. The quantitative estimate of drug-likeness (QED) is 0.903. The average Bonchev–Trinajstić information content (AvgIpc) is 2.92. The smallest absolute Gasteiger partial charge is 0.142 e. The molecule has 0 bridgehead atoms. The number of imidazole rings is 1. The molecule has 4 nitrogen and oxygen atoms in total. The Hall–Kier alpha value is -1.20. The zero-order valence-corrected chi connectivity index (χ0v) is 12.2. The third-order valence-electron chi connectivity index (χ3n) is 2.85. The molecule has 0 atom stereocenters. The van der Waals surface area contributed by atoms with Gasteiger partial charge in [0.1, 0.15) is 5.01 Å². The van der Waals surface area contributed by atoms with Crippen molar-refractivity contribution in [1.29, 1.82) is 0 Å². The molecule has 2 aromatic rings. The van der Waals surface area contributed by atoms with E-state index >= 15 is 0 Å². The molecular weight excluding hydrogens is 244 g/mol. The van der Waals surface area contributed by atoms with Crippen LogP contribution in [0.4, 0.5) is 0 Å². The van der Waals surface area contributed by atoms with Gasteiger partial charge in [-0.25, -0.2) is 9.97 Å². The van der Waals surface area contributed by atoms with E-state index in [1.165, 1.54) is 10.6 Å². The number of aromatic nitrogens is 3. The van der Waals surface area contributed by atoms with Crippen molar-refractivity contribution >= 4 is 11.3 Å². The molecular formula is C13H20N4S. The predicted molar refractivity (Wildman–Crippen MR) is 75.8 cm³/mol. The van der Waals surface area contributed by atoms with Crippen LogP contribution < -0.4 is 5.32 Å². The second-order valence-corrected chi connectivity index (χ2v) is 5.74. The lowest BCUT2D eigenvalue weighted by atomic mass is 10.1. The lowest BCUT2D eigenvalue weighted by Crippen LogP contribution is -2.12. The normalized spacial score (nSPS) is 11.4. The number of nitrogens with zero attached hydrogens (tertiary/aromatic N) is 3. The lowest BCUT2D eigenvalue weighted by Gasteiger charge is -2.04. The molecule has 0 spiro atoms. The van der Waals surface area contributed by atoms with Crippen LogP contribution >= 0.6 is 11.3 Å². The van der Waals surface area contributed by atoms with Gasteiger partial charge in [-0.1, -0.05) is 20.8 Å². The summed E-state index contributed by atoms with van der Waals surface area (Å²) < 4.78 is 2.01. The zero-order chi connectivity index (χ0) is 13.1. The molecule has 0 aliphatic rings. The van der Waals surface area contributed by atoms with Crippen molar-refractivity contribution in [3.63, 3.8) is 0 Å². The summed E-state index contributed by atoms with van der Waals surface area (Å²) in [5, 5.41) is 4.44. The zero-order valence-electron chi connectivity index (χ0n) is 11.4. The average molecular weight is 264 g/mol. The second kappa shape index (κ2) is 5.63. The van der Waals surface area contributed by atoms with Gasteiger partial charge in [-0.3, -0.25) is 0 Å². The van der Waals surface area contributed by atoms with Crippen LogP contribution in [0.5, 0.6) is 0 Å². The molecule has 2 aromatic heterocycles. The van der Waals surface area contributed by atoms with E-state index in [2.05, 4.69) is 31.1 Å². The first-order chi connectivity index (χ1) is 8.63. The highest BCUT2D eigenvalue weighted by molar-refractivity contribution is 7.15. The summed E-state index contributed by atoms with van der Waals surface area (Å²) in [6.07, 6.45) is 3.69. The first-order valence-corrected chi connectivity index (χ1v) is 7.12. The fraction of sp³-hybridized carbons (Fsp3) is 0.538. The highest BCUT2D eigenvalue weighted by Crippen LogP contribution is 2.31. The summed E-state index contributed by atoms with van der Waals surface area (Å²) in [6.45, 7) is 8.39. The molecule has 98 valence electrons. The number of aryl methyl sites for hydroxylation is 1. The molecule has 0 fully saturated rings. The van der Waals surface area contributed by atoms with Crippen LogP contribution in [0.15, 0.2) is 12.5 Å². The SMILES string of the molecule is CCNCc1sc(-c2cncn2C)nc1C(C)C. The highest BCUT2D eigenvalue weighted by Gasteiger charge is 2.16. The standard InChI is InChI=1S/C13H20N4S/c1-5-14-7-11-12(9(2)3)16-13(18-11)10-6-15-8-17(10)4/h6,8-9,14H,5,7H2,1-4H3. The maximum atomic E-state index is 4.78. The van der Waals surface area contributed by atoms with Gasteiger partial charge in [-0.15, -0.1) is 11.3 Å². The molecule has 0 amide bonds. The van der Waals surface area contributed by atoms with Crippen molar-refractivity contribution in [3.8, 4) is 10.7 Å². The number of rotatable bonds is 5. The molecule has 0 aliphatic heterocycles. The summed E-state index contributed by atoms with van der Waals surface area (Å²) >= 11 is 1.77. The van der Waals surface area contributed by atoms with Gasteiger partial charge in [0, 0.05) is 18.5 Å². The minimum atomic E-state index is 0.455. The van der Waals surface area contributed by atoms with E-state index in [9.17, 15) is 0 Å². The van der Waals surface area contributed by atoms with Crippen molar-refractivity contribution < 1.29 is 0 Å². The fourth-order valence-electron chi connectivity index (χ4n) is 1.85. The summed E-state index contributed by atoms with van der Waals surface area (Å²) in [4.78, 5) is 10.3. The van der Waals surface area contributed by atoms with Crippen LogP contribution in [0.2, 0.25) is 0 Å². The first kappa shape index (κ1) is 13.2. The molecule has 0 aliphatic carbocycles. The highest BCUT2D eigenvalue weighted by atomic mass is 32.1. The molecule has 2 rings (SSSR count). The third kappa shape index (κ3) is 2.62. The first-order valence-electron chi connectivity index (χ1n) is 6.30. The molecule has 1 N–H and O–H groups in total. The van der Waals surface area contributed by atoms with Crippen LogP contribution in [-0.2, 0) is 13.6 Å². The van der Waals surface area contributed by atoms with Gasteiger partial charge < -0.3 is 9.88 Å². The van der Waals surface area contributed by atoms with Gasteiger partial charge >= 0.3 is 0 Å². The van der Waals surface area contributed by atoms with E-state index < -0.39 is 0 Å². The van der Waals surface area contributed by atoms with E-state index in [0.29, 0.717) is 5.92 Å². The topological polar surface area (TPSA) is 42.7 Å². The molecule has 0 saturated carbocycles. The summed E-state index contributed by atoms with van der Waals surface area (Å²) in [5.41, 5.74) is 2.29. The Bertz CT molecular complexity index is 513. The van der Waals surface area contributed by atoms with Crippen LogP contribution in [0.1, 0.15) is 37.3 Å². The molecule has 5 heteroatoms. The van der Waals surface area contributed by atoms with E-state index in [0.717, 1.165) is 23.8 Å². The minimum absolute atomic E-state index is 0.455. The second-order valence-electron chi connectivity index (χ2n) is 4.65. The van der Waals surface area contributed by atoms with Crippen LogP contribution in [0, 0.1) is 0 Å².